The Labute approximate surface area is 207 Å². The maximum Gasteiger partial charge on any atom is 0.433 e. The van der Waals surface area contributed by atoms with Crippen molar-refractivity contribution >= 4 is 16.8 Å². The van der Waals surface area contributed by atoms with Crippen molar-refractivity contribution in [1.29, 1.82) is 0 Å². The van der Waals surface area contributed by atoms with E-state index < -0.39 is 17.8 Å². The number of nitrogens with zero attached hydrogens (tertiary/aromatic N) is 4. The second-order valence-corrected chi connectivity index (χ2v) is 7.47. The predicted octanol–water partition coefficient (Wildman–Crippen LogP) is 3.11. The third-order valence-electron chi connectivity index (χ3n) is 5.28. The average molecular weight is 518 g/mol. The molecule has 0 unspecified atom stereocenters. The van der Waals surface area contributed by atoms with Gasteiger partial charge in [0.1, 0.15) is 17.0 Å². The molecule has 0 fully saturated rings. The van der Waals surface area contributed by atoms with Crippen LogP contribution in [-0.4, -0.2) is 47.2 Å². The van der Waals surface area contributed by atoms with Crippen LogP contribution in [0, 0.1) is 0 Å². The summed E-state index contributed by atoms with van der Waals surface area (Å²) in [6.07, 6.45) is -3.21. The zero-order valence-electron chi connectivity index (χ0n) is 19.8. The maximum absolute atomic E-state index is 13.2. The summed E-state index contributed by atoms with van der Waals surface area (Å²) in [5, 5.41) is 2.95. The summed E-state index contributed by atoms with van der Waals surface area (Å²) in [7, 11) is 4.14. The maximum atomic E-state index is 13.2. The molecule has 0 saturated carbocycles. The number of aromatic nitrogens is 4. The van der Waals surface area contributed by atoms with Gasteiger partial charge < -0.3 is 29.7 Å². The summed E-state index contributed by atoms with van der Waals surface area (Å²) < 4.78 is 60.8. The number of nitrogens with one attached hydrogen (secondary N) is 1. The third kappa shape index (κ3) is 5.09. The summed E-state index contributed by atoms with van der Waals surface area (Å²) in [4.78, 5) is 29.0. The van der Waals surface area contributed by atoms with Crippen LogP contribution in [-0.2, 0) is 19.3 Å². The first-order chi connectivity index (χ1) is 17.7. The number of nitrogens with two attached hydrogens (primary N) is 1. The Kier molecular flexibility index (Phi) is 7.11. The molecule has 4 aromatic rings. The van der Waals surface area contributed by atoms with E-state index in [1.165, 1.54) is 39.7 Å². The Morgan fingerprint density at radius 3 is 2.49 bits per heavy atom. The molecular formula is C23H21F3N6O5. The molecule has 194 valence electrons. The number of methoxy groups -OCH3 is 3. The van der Waals surface area contributed by atoms with Gasteiger partial charge in [-0.2, -0.15) is 18.2 Å². The first-order valence-corrected chi connectivity index (χ1v) is 10.7. The smallest absolute Gasteiger partial charge is 0.433 e. The lowest BCUT2D eigenvalue weighted by Gasteiger charge is -2.11. The van der Waals surface area contributed by atoms with Crippen LogP contribution in [0.3, 0.4) is 0 Å². The molecule has 1 amide bonds. The quantitative estimate of drug-likeness (QED) is 0.356. The first kappa shape index (κ1) is 25.6. The van der Waals surface area contributed by atoms with Gasteiger partial charge in [-0.25, -0.2) is 15.0 Å². The van der Waals surface area contributed by atoms with Gasteiger partial charge in [0.05, 0.1) is 40.0 Å². The van der Waals surface area contributed by atoms with E-state index >= 15 is 0 Å². The highest BCUT2D eigenvalue weighted by molar-refractivity contribution is 5.98. The number of carbonyl (C=O) groups is 1. The highest BCUT2D eigenvalue weighted by Crippen LogP contribution is 2.37. The van der Waals surface area contributed by atoms with Crippen molar-refractivity contribution in [2.24, 2.45) is 5.73 Å². The van der Waals surface area contributed by atoms with Gasteiger partial charge in [0.2, 0.25) is 11.8 Å². The second kappa shape index (κ2) is 10.3. The molecule has 4 rings (SSSR count). The molecule has 3 N–H and O–H groups in total. The largest absolute Gasteiger partial charge is 0.494 e. The normalized spacial score (nSPS) is 11.4. The highest BCUT2D eigenvalue weighted by atomic mass is 19.4. The van der Waals surface area contributed by atoms with Crippen LogP contribution in [0.25, 0.3) is 22.4 Å². The second-order valence-electron chi connectivity index (χ2n) is 7.47. The van der Waals surface area contributed by atoms with E-state index in [-0.39, 0.29) is 59.0 Å². The van der Waals surface area contributed by atoms with Crippen LogP contribution >= 0.6 is 0 Å². The lowest BCUT2D eigenvalue weighted by Crippen LogP contribution is -2.25. The van der Waals surface area contributed by atoms with Crippen LogP contribution in [0.4, 0.5) is 13.2 Å². The number of halogens is 3. The van der Waals surface area contributed by atoms with E-state index in [1.807, 2.05) is 0 Å². The summed E-state index contributed by atoms with van der Waals surface area (Å²) in [6.45, 7) is -0.164. The highest BCUT2D eigenvalue weighted by Gasteiger charge is 2.33. The number of amides is 1. The average Bonchev–Trinajstić information content (AvgIpc) is 3.34. The minimum absolute atomic E-state index is 0.00614. The van der Waals surface area contributed by atoms with Crippen LogP contribution < -0.4 is 25.3 Å². The molecule has 37 heavy (non-hydrogen) atoms. The van der Waals surface area contributed by atoms with Gasteiger partial charge in [0.15, 0.2) is 11.5 Å². The molecule has 3 aromatic heterocycles. The summed E-state index contributed by atoms with van der Waals surface area (Å²) in [6, 6.07) is 5.17. The monoisotopic (exact) mass is 518 g/mol. The number of benzene rings is 1. The van der Waals surface area contributed by atoms with Gasteiger partial charge in [0.25, 0.3) is 5.91 Å². The number of pyridine rings is 1. The molecule has 0 atom stereocenters. The molecule has 0 spiro atoms. The fourth-order valence-electron chi connectivity index (χ4n) is 3.52. The number of carbonyl (C=O) groups excluding carboxylic acids is 1. The van der Waals surface area contributed by atoms with Crippen molar-refractivity contribution in [3.8, 4) is 29.1 Å². The first-order valence-electron chi connectivity index (χ1n) is 10.7. The van der Waals surface area contributed by atoms with Gasteiger partial charge in [-0.1, -0.05) is 0 Å². The lowest BCUT2D eigenvalue weighted by atomic mass is 10.1. The van der Waals surface area contributed by atoms with E-state index in [2.05, 4.69) is 25.3 Å². The number of hydrogen-bond acceptors (Lipinski definition) is 10. The third-order valence-corrected chi connectivity index (χ3v) is 5.28. The van der Waals surface area contributed by atoms with Crippen molar-refractivity contribution in [2.75, 3.05) is 21.3 Å². The fourth-order valence-corrected chi connectivity index (χ4v) is 3.52. The Hall–Kier alpha value is -4.46. The number of ether oxygens (including phenoxy) is 3. The van der Waals surface area contributed by atoms with E-state index in [0.717, 1.165) is 6.07 Å². The fraction of sp³-hybridized carbons (Fsp3) is 0.261. The Morgan fingerprint density at radius 2 is 1.84 bits per heavy atom. The molecule has 0 aliphatic carbocycles. The number of rotatable bonds is 8. The lowest BCUT2D eigenvalue weighted by molar-refractivity contribution is -0.140. The van der Waals surface area contributed by atoms with Crippen molar-refractivity contribution in [3.05, 3.63) is 53.2 Å². The van der Waals surface area contributed by atoms with Gasteiger partial charge in [-0.05, 0) is 24.3 Å². The van der Waals surface area contributed by atoms with E-state index in [4.69, 9.17) is 24.4 Å². The zero-order chi connectivity index (χ0) is 26.7. The number of hydrogen-bond donors (Lipinski definition) is 2. The SMILES string of the molecule is COc1ncc(CNC(=O)c2nc(-c3ccc(OC)c4nc(C(F)(F)F)ccc34)oc2CN)c(OC)n1. The minimum Gasteiger partial charge on any atom is -0.494 e. The van der Waals surface area contributed by atoms with Crippen molar-refractivity contribution in [3.63, 3.8) is 0 Å². The molecular weight excluding hydrogens is 497 g/mol. The molecule has 0 bridgehead atoms. The Balaban J connectivity index is 1.68. The topological polar surface area (TPSA) is 148 Å². The molecule has 0 aliphatic heterocycles. The standard InChI is InChI=1S/C23H21F3N6O5/c1-34-14-6-4-13(12-5-7-16(23(24,25)26)30-17(12)14)21-31-18(15(8-27)37-21)19(33)28-9-11-10-29-22(36-3)32-20(11)35-2/h4-7,10H,8-9,27H2,1-3H3,(H,28,33). The molecule has 0 saturated heterocycles. The molecule has 11 nitrogen and oxygen atoms in total. The van der Waals surface area contributed by atoms with Gasteiger partial charge >= 0.3 is 12.2 Å². The van der Waals surface area contributed by atoms with Crippen LogP contribution in [0.5, 0.6) is 17.6 Å². The van der Waals surface area contributed by atoms with Gasteiger partial charge in [-0.3, -0.25) is 4.79 Å². The van der Waals surface area contributed by atoms with Gasteiger partial charge in [-0.15, -0.1) is 0 Å². The molecule has 3 heterocycles. The van der Waals surface area contributed by atoms with E-state index in [1.54, 1.807) is 6.07 Å². The van der Waals surface area contributed by atoms with Crippen molar-refractivity contribution < 1.29 is 36.6 Å². The number of fused-ring (bicyclic) bond motifs is 1. The zero-order valence-corrected chi connectivity index (χ0v) is 19.8. The van der Waals surface area contributed by atoms with Crippen molar-refractivity contribution in [2.45, 2.75) is 19.3 Å². The van der Waals surface area contributed by atoms with Crippen LogP contribution in [0.15, 0.2) is 34.9 Å². The van der Waals surface area contributed by atoms with Crippen LogP contribution in [0.1, 0.15) is 27.5 Å². The molecule has 1 aromatic carbocycles. The molecule has 0 radical (unpaired) electrons. The summed E-state index contributed by atoms with van der Waals surface area (Å²) in [5.74, 6) is -0.213. The van der Waals surface area contributed by atoms with Crippen LogP contribution in [0.2, 0.25) is 0 Å². The Morgan fingerprint density at radius 1 is 1.05 bits per heavy atom. The van der Waals surface area contributed by atoms with E-state index in [0.29, 0.717) is 11.1 Å². The minimum atomic E-state index is -4.65. The number of alkyl halides is 3. The molecule has 14 heteroatoms. The molecule has 0 aliphatic rings. The van der Waals surface area contributed by atoms with Gasteiger partial charge in [0, 0.05) is 17.1 Å². The predicted molar refractivity (Wildman–Crippen MR) is 123 cm³/mol. The summed E-state index contributed by atoms with van der Waals surface area (Å²) in [5.41, 5.74) is 5.33. The Bertz CT molecular complexity index is 1460. The van der Waals surface area contributed by atoms with E-state index in [9.17, 15) is 18.0 Å². The number of oxazole rings is 1. The van der Waals surface area contributed by atoms with Crippen molar-refractivity contribution in [1.82, 2.24) is 25.3 Å². The summed E-state index contributed by atoms with van der Waals surface area (Å²) >= 11 is 0.